The Labute approximate surface area is 218 Å². The van der Waals surface area contributed by atoms with Crippen molar-refractivity contribution in [2.75, 3.05) is 25.5 Å². The van der Waals surface area contributed by atoms with Gasteiger partial charge in [0.1, 0.15) is 17.2 Å². The van der Waals surface area contributed by atoms with Gasteiger partial charge in [0.05, 0.1) is 11.0 Å². The first-order chi connectivity index (χ1) is 17.5. The maximum absolute atomic E-state index is 12.6. The van der Waals surface area contributed by atoms with Gasteiger partial charge in [-0.05, 0) is 75.3 Å². The van der Waals surface area contributed by atoms with Gasteiger partial charge in [0, 0.05) is 48.1 Å². The second-order valence-electron chi connectivity index (χ2n) is 9.08. The van der Waals surface area contributed by atoms with Gasteiger partial charge in [-0.1, -0.05) is 15.9 Å². The summed E-state index contributed by atoms with van der Waals surface area (Å²) in [7, 11) is 4.11. The molecule has 1 unspecified atom stereocenters. The van der Waals surface area contributed by atoms with Crippen LogP contribution in [0.2, 0.25) is 0 Å². The molecule has 0 bridgehead atoms. The quantitative estimate of drug-likeness (QED) is 0.303. The summed E-state index contributed by atoms with van der Waals surface area (Å²) >= 11 is 3.46. The molecule has 36 heavy (non-hydrogen) atoms. The average Bonchev–Trinajstić information content (AvgIpc) is 3.42. The minimum atomic E-state index is -0.190. The van der Waals surface area contributed by atoms with E-state index in [1.165, 1.54) is 12.8 Å². The number of imidazole rings is 1. The SMILES string of the molecule is CN1CCCC1CCNC(=O)c1cc(Oc2ccc3c(c2)nc(Nc2ccc(Br)cc2)n3C)ccn1. The molecule has 4 aromatic rings. The number of rotatable bonds is 8. The summed E-state index contributed by atoms with van der Waals surface area (Å²) in [4.78, 5) is 23.9. The molecular weight excluding hydrogens is 520 g/mol. The van der Waals surface area contributed by atoms with Gasteiger partial charge in [-0.2, -0.15) is 0 Å². The summed E-state index contributed by atoms with van der Waals surface area (Å²) in [5.74, 6) is 1.73. The van der Waals surface area contributed by atoms with Crippen molar-refractivity contribution < 1.29 is 9.53 Å². The van der Waals surface area contributed by atoms with Crippen LogP contribution in [0.15, 0.2) is 65.3 Å². The fourth-order valence-corrected chi connectivity index (χ4v) is 4.80. The highest BCUT2D eigenvalue weighted by Crippen LogP contribution is 2.28. The molecule has 1 aliphatic rings. The molecule has 1 atom stereocenters. The minimum absolute atomic E-state index is 0.190. The molecule has 3 heterocycles. The number of likely N-dealkylation sites (tertiary alicyclic amines) is 1. The first-order valence-electron chi connectivity index (χ1n) is 12.1. The molecule has 5 rings (SSSR count). The van der Waals surface area contributed by atoms with Crippen LogP contribution in [0.3, 0.4) is 0 Å². The number of ether oxygens (including phenoxy) is 1. The van der Waals surface area contributed by atoms with E-state index < -0.39 is 0 Å². The minimum Gasteiger partial charge on any atom is -0.457 e. The number of benzene rings is 2. The Balaban J connectivity index is 1.24. The van der Waals surface area contributed by atoms with E-state index in [9.17, 15) is 4.79 Å². The molecule has 1 aliphatic heterocycles. The smallest absolute Gasteiger partial charge is 0.270 e. The van der Waals surface area contributed by atoms with Crippen molar-refractivity contribution in [3.63, 3.8) is 0 Å². The number of aromatic nitrogens is 3. The summed E-state index contributed by atoms with van der Waals surface area (Å²) in [5, 5.41) is 6.34. The lowest BCUT2D eigenvalue weighted by Crippen LogP contribution is -2.32. The van der Waals surface area contributed by atoms with Crippen molar-refractivity contribution in [3.05, 3.63) is 71.0 Å². The van der Waals surface area contributed by atoms with Crippen LogP contribution in [0.4, 0.5) is 11.6 Å². The van der Waals surface area contributed by atoms with Crippen molar-refractivity contribution in [2.24, 2.45) is 7.05 Å². The molecule has 0 aliphatic carbocycles. The topological polar surface area (TPSA) is 84.3 Å². The summed E-state index contributed by atoms with van der Waals surface area (Å²) in [6.07, 6.45) is 4.95. The van der Waals surface area contributed by atoms with Gasteiger partial charge in [-0.3, -0.25) is 9.78 Å². The number of nitrogens with one attached hydrogen (secondary N) is 2. The maximum atomic E-state index is 12.6. The number of pyridine rings is 1. The number of hydrogen-bond donors (Lipinski definition) is 2. The Morgan fingerprint density at radius 1 is 1.11 bits per heavy atom. The van der Waals surface area contributed by atoms with Crippen molar-refractivity contribution in [1.82, 2.24) is 24.8 Å². The number of amides is 1. The summed E-state index contributed by atoms with van der Waals surface area (Å²) in [6.45, 7) is 1.76. The Bertz CT molecular complexity index is 1370. The fraction of sp³-hybridized carbons (Fsp3) is 0.296. The van der Waals surface area contributed by atoms with Crippen molar-refractivity contribution in [3.8, 4) is 11.5 Å². The van der Waals surface area contributed by atoms with Crippen LogP contribution in [0.25, 0.3) is 11.0 Å². The molecule has 1 amide bonds. The number of carbonyl (C=O) groups excluding carboxylic acids is 1. The molecule has 2 N–H and O–H groups in total. The van der Waals surface area contributed by atoms with Gasteiger partial charge in [-0.25, -0.2) is 4.98 Å². The number of anilines is 2. The lowest BCUT2D eigenvalue weighted by molar-refractivity contribution is 0.0945. The Morgan fingerprint density at radius 3 is 2.69 bits per heavy atom. The van der Waals surface area contributed by atoms with E-state index in [-0.39, 0.29) is 5.91 Å². The summed E-state index contributed by atoms with van der Waals surface area (Å²) < 4.78 is 9.08. The van der Waals surface area contributed by atoms with E-state index in [0.717, 1.165) is 40.1 Å². The number of aryl methyl sites for hydroxylation is 1. The molecule has 0 radical (unpaired) electrons. The third-order valence-corrected chi connectivity index (χ3v) is 7.12. The Kier molecular flexibility index (Phi) is 7.20. The van der Waals surface area contributed by atoms with Crippen molar-refractivity contribution >= 4 is 44.5 Å². The first kappa shape index (κ1) is 24.3. The van der Waals surface area contributed by atoms with Gasteiger partial charge in [0.25, 0.3) is 5.91 Å². The van der Waals surface area contributed by atoms with Crippen LogP contribution in [0.1, 0.15) is 29.8 Å². The van der Waals surface area contributed by atoms with Gasteiger partial charge < -0.3 is 24.8 Å². The molecule has 2 aromatic carbocycles. The largest absolute Gasteiger partial charge is 0.457 e. The summed E-state index contributed by atoms with van der Waals surface area (Å²) in [6, 6.07) is 17.6. The maximum Gasteiger partial charge on any atom is 0.270 e. The predicted molar refractivity (Wildman–Crippen MR) is 145 cm³/mol. The van der Waals surface area contributed by atoms with Gasteiger partial charge in [-0.15, -0.1) is 0 Å². The van der Waals surface area contributed by atoms with Crippen LogP contribution in [0.5, 0.6) is 11.5 Å². The van der Waals surface area contributed by atoms with Crippen LogP contribution in [-0.4, -0.2) is 51.5 Å². The normalized spacial score (nSPS) is 15.8. The predicted octanol–water partition coefficient (Wildman–Crippen LogP) is 5.48. The molecule has 0 saturated carbocycles. The lowest BCUT2D eigenvalue weighted by Gasteiger charge is -2.19. The van der Waals surface area contributed by atoms with E-state index in [2.05, 4.69) is 43.5 Å². The van der Waals surface area contributed by atoms with E-state index in [1.807, 2.05) is 54.1 Å². The van der Waals surface area contributed by atoms with Crippen LogP contribution in [0, 0.1) is 0 Å². The highest BCUT2D eigenvalue weighted by atomic mass is 79.9. The highest BCUT2D eigenvalue weighted by Gasteiger charge is 2.20. The zero-order valence-electron chi connectivity index (χ0n) is 20.4. The molecule has 1 fully saturated rings. The van der Waals surface area contributed by atoms with Crippen LogP contribution in [-0.2, 0) is 7.05 Å². The fourth-order valence-electron chi connectivity index (χ4n) is 4.54. The van der Waals surface area contributed by atoms with E-state index in [0.29, 0.717) is 29.8 Å². The third kappa shape index (κ3) is 5.52. The second kappa shape index (κ2) is 10.7. The second-order valence-corrected chi connectivity index (χ2v) is 9.99. The van der Waals surface area contributed by atoms with Gasteiger partial charge >= 0.3 is 0 Å². The van der Waals surface area contributed by atoms with E-state index in [1.54, 1.807) is 18.3 Å². The van der Waals surface area contributed by atoms with Crippen molar-refractivity contribution in [1.29, 1.82) is 0 Å². The molecular formula is C27H29BrN6O2. The Morgan fingerprint density at radius 2 is 1.92 bits per heavy atom. The van der Waals surface area contributed by atoms with Gasteiger partial charge in [0.15, 0.2) is 0 Å². The first-order valence-corrected chi connectivity index (χ1v) is 12.9. The zero-order valence-corrected chi connectivity index (χ0v) is 22.0. The monoisotopic (exact) mass is 548 g/mol. The number of nitrogens with zero attached hydrogens (tertiary/aromatic N) is 4. The Hall–Kier alpha value is -3.43. The van der Waals surface area contributed by atoms with Crippen LogP contribution >= 0.6 is 15.9 Å². The van der Waals surface area contributed by atoms with E-state index >= 15 is 0 Å². The molecule has 9 heteroatoms. The number of halogens is 1. The number of carbonyl (C=O) groups is 1. The average molecular weight is 549 g/mol. The van der Waals surface area contributed by atoms with Crippen LogP contribution < -0.4 is 15.4 Å². The summed E-state index contributed by atoms with van der Waals surface area (Å²) in [5.41, 5.74) is 3.07. The van der Waals surface area contributed by atoms with E-state index in [4.69, 9.17) is 9.72 Å². The number of fused-ring (bicyclic) bond motifs is 1. The lowest BCUT2D eigenvalue weighted by atomic mass is 10.1. The highest BCUT2D eigenvalue weighted by molar-refractivity contribution is 9.10. The number of hydrogen-bond acceptors (Lipinski definition) is 6. The molecule has 186 valence electrons. The molecule has 2 aromatic heterocycles. The van der Waals surface area contributed by atoms with Crippen molar-refractivity contribution in [2.45, 2.75) is 25.3 Å². The molecule has 0 spiro atoms. The molecule has 8 nitrogen and oxygen atoms in total. The third-order valence-electron chi connectivity index (χ3n) is 6.59. The molecule has 1 saturated heterocycles. The zero-order chi connectivity index (χ0) is 25.1. The van der Waals surface area contributed by atoms with Gasteiger partial charge in [0.2, 0.25) is 5.95 Å². The standard InChI is InChI=1S/C27H29BrN6O2/c1-33-15-3-4-20(33)11-13-30-26(35)24-17-22(12-14-29-24)36-21-9-10-25-23(16-21)32-27(34(25)2)31-19-7-5-18(28)6-8-19/h5-10,12,14,16-17,20H,3-4,11,13,15H2,1-2H3,(H,30,35)(H,31,32).